The summed E-state index contributed by atoms with van der Waals surface area (Å²) in [4.78, 5) is 0. The van der Waals surface area contributed by atoms with Crippen molar-refractivity contribution in [1.29, 1.82) is 0 Å². The second-order valence-corrected chi connectivity index (χ2v) is 0.854. The minimum atomic E-state index is 1.07. The van der Waals surface area contributed by atoms with Gasteiger partial charge in [-0.25, -0.2) is 0 Å². The van der Waals surface area contributed by atoms with Gasteiger partial charge >= 0.3 is 32.8 Å². The summed E-state index contributed by atoms with van der Waals surface area (Å²) < 4.78 is 0. The van der Waals surface area contributed by atoms with Crippen LogP contribution >= 0.6 is 20.5 Å². The van der Waals surface area contributed by atoms with E-state index >= 15 is 0 Å². The first-order valence-electron chi connectivity index (χ1n) is 1.83. The fraction of sp³-hybridized carbons (Fsp3) is 0.750. The monoisotopic (exact) mass is 242 g/mol. The molecule has 0 aliphatic heterocycles. The molecule has 0 heterocycles. The Bertz CT molecular complexity index is 9.51. The molecule has 0 spiro atoms. The molecule has 0 bridgehead atoms. The van der Waals surface area contributed by atoms with Crippen molar-refractivity contribution in [3.8, 4) is 0 Å². The van der Waals surface area contributed by atoms with Crippen LogP contribution in [0.1, 0.15) is 19.8 Å². The average molecular weight is 243 g/mol. The van der Waals surface area contributed by atoms with Gasteiger partial charge in [-0.15, -0.1) is 0 Å². The normalized spacial score (nSPS) is 6.17. The van der Waals surface area contributed by atoms with Crippen LogP contribution in [0.15, 0.2) is 0 Å². The van der Waals surface area contributed by atoms with Crippen molar-refractivity contribution in [1.82, 2.24) is 0 Å². The zero-order valence-corrected chi connectivity index (χ0v) is 6.96. The summed E-state index contributed by atoms with van der Waals surface area (Å²) in [5, 5.41) is 0. The van der Waals surface area contributed by atoms with Crippen LogP contribution in [0.3, 0.4) is 0 Å². The Morgan fingerprint density at radius 3 is 1.83 bits per heavy atom. The third-order valence-corrected chi connectivity index (χ3v) is 0.354. The van der Waals surface area contributed by atoms with Crippen molar-refractivity contribution in [2.24, 2.45) is 0 Å². The van der Waals surface area contributed by atoms with Crippen LogP contribution in [0, 0.1) is 6.92 Å². The molecule has 0 rings (SSSR count). The van der Waals surface area contributed by atoms with E-state index < -0.39 is 0 Å². The molecule has 0 amide bonds. The van der Waals surface area contributed by atoms with Crippen molar-refractivity contribution in [2.75, 3.05) is 0 Å². The van der Waals surface area contributed by atoms with Gasteiger partial charge in [0.25, 0.3) is 0 Å². The molecule has 0 N–H and O–H groups in total. The maximum atomic E-state index is 3.84. The summed E-state index contributed by atoms with van der Waals surface area (Å²) in [7, 11) is 0. The summed E-state index contributed by atoms with van der Waals surface area (Å²) in [6, 6.07) is 0. The Balaban J connectivity index is 0. The third kappa shape index (κ3) is 18.8. The molecule has 2 heteroatoms. The molecule has 0 fully saturated rings. The van der Waals surface area contributed by atoms with Crippen LogP contribution in [0.25, 0.3) is 0 Å². The van der Waals surface area contributed by atoms with Gasteiger partial charge in [-0.1, -0.05) is 13.3 Å². The summed E-state index contributed by atoms with van der Waals surface area (Å²) in [6.07, 6.45) is 2.28. The molecule has 0 aromatic carbocycles. The Labute approximate surface area is 59.3 Å². The van der Waals surface area contributed by atoms with E-state index in [1.165, 1.54) is 6.42 Å². The summed E-state index contributed by atoms with van der Waals surface area (Å²) in [5.74, 6) is 0. The number of hydrogen-bond donors (Lipinski definition) is 0. The predicted molar refractivity (Wildman–Crippen MR) is 34.3 cm³/mol. The van der Waals surface area contributed by atoms with E-state index in [0.717, 1.165) is 6.42 Å². The van der Waals surface area contributed by atoms with Crippen LogP contribution in [0.2, 0.25) is 0 Å². The molecule has 6 heavy (non-hydrogen) atoms. The average Bonchev–Trinajstić information content (AvgIpc) is 1.72. The fourth-order valence-corrected chi connectivity index (χ4v) is 0. The van der Waals surface area contributed by atoms with Crippen molar-refractivity contribution in [3.05, 3.63) is 6.92 Å². The first-order chi connectivity index (χ1) is 2.91. The number of rotatable bonds is 1. The second kappa shape index (κ2) is 16.3. The second-order valence-electron chi connectivity index (χ2n) is 0.854. The Morgan fingerprint density at radius 2 is 1.83 bits per heavy atom. The number of halogens is 1. The number of hydrogen-bond acceptors (Lipinski definition) is 0. The van der Waals surface area contributed by atoms with Gasteiger partial charge in [-0.2, -0.15) is 6.42 Å². The van der Waals surface area contributed by atoms with Gasteiger partial charge in [0.15, 0.2) is 0 Å². The van der Waals surface area contributed by atoms with Gasteiger partial charge in [0, 0.05) is 0 Å². The van der Waals surface area contributed by atoms with Crippen molar-refractivity contribution in [3.63, 3.8) is 0 Å². The molecule has 43 valence electrons. The van der Waals surface area contributed by atoms with Crippen LogP contribution in [0.5, 0.6) is 0 Å². The van der Waals surface area contributed by atoms with Gasteiger partial charge < -0.3 is 6.92 Å². The standard InChI is InChI=1S/C4H9.HI.Ni/c1-3-4-2;;/h1,3-4H2,2H3;1H;/q-1;;+1/p-1. The molecule has 0 unspecified atom stereocenters. The van der Waals surface area contributed by atoms with E-state index in [-0.39, 0.29) is 0 Å². The third-order valence-electron chi connectivity index (χ3n) is 0.354. The molecule has 0 aromatic rings. The van der Waals surface area contributed by atoms with Gasteiger partial charge in [0.2, 0.25) is 0 Å². The van der Waals surface area contributed by atoms with Gasteiger partial charge in [-0.05, 0) is 0 Å². The molecule has 0 atom stereocenters. The molecule has 0 radical (unpaired) electrons. The molecule has 0 aromatic heterocycles. The molecule has 0 aliphatic rings. The zero-order chi connectivity index (χ0) is 5.41. The van der Waals surface area contributed by atoms with Gasteiger partial charge in [0.05, 0.1) is 0 Å². The molecular weight excluding hydrogens is 234 g/mol. The first-order valence-corrected chi connectivity index (χ1v) is 5.01. The minimum absolute atomic E-state index is 1.07. The van der Waals surface area contributed by atoms with E-state index in [1.54, 1.807) is 20.5 Å². The van der Waals surface area contributed by atoms with E-state index in [4.69, 9.17) is 0 Å². The first kappa shape index (κ1) is 10.3. The van der Waals surface area contributed by atoms with Crippen molar-refractivity contribution < 1.29 is 12.3 Å². The molecule has 0 saturated carbocycles. The van der Waals surface area contributed by atoms with Crippen LogP contribution in [-0.4, -0.2) is 0 Å². The van der Waals surface area contributed by atoms with Gasteiger partial charge in [0.1, 0.15) is 0 Å². The Hall–Kier alpha value is 1.22. The molecular formula is C4H9INi-. The Kier molecular flexibility index (Phi) is 27.9. The number of unbranched alkanes of at least 4 members (excludes halogenated alkanes) is 1. The van der Waals surface area contributed by atoms with E-state index in [9.17, 15) is 0 Å². The SMILES string of the molecule is [CH2-]CCC.[Ni][I]. The van der Waals surface area contributed by atoms with Crippen LogP contribution < -0.4 is 0 Å². The molecule has 0 aliphatic carbocycles. The fourth-order valence-electron chi connectivity index (χ4n) is 0. The summed E-state index contributed by atoms with van der Waals surface area (Å²) in [6.45, 7) is 5.72. The zero-order valence-electron chi connectivity index (χ0n) is 3.82. The predicted octanol–water partition coefficient (Wildman–Crippen LogP) is 2.50. The van der Waals surface area contributed by atoms with Crippen molar-refractivity contribution in [2.45, 2.75) is 19.8 Å². The molecule has 0 nitrogen and oxygen atoms in total. The Morgan fingerprint density at radius 1 is 1.67 bits per heavy atom. The summed E-state index contributed by atoms with van der Waals surface area (Å²) >= 11 is 5.62. The van der Waals surface area contributed by atoms with E-state index in [2.05, 4.69) is 26.1 Å². The van der Waals surface area contributed by atoms with Crippen molar-refractivity contribution >= 4 is 20.5 Å². The maximum absolute atomic E-state index is 3.84. The topological polar surface area (TPSA) is 0 Å². The molecule has 0 saturated heterocycles. The van der Waals surface area contributed by atoms with Crippen LogP contribution in [-0.2, 0) is 12.3 Å². The van der Waals surface area contributed by atoms with E-state index in [1.807, 2.05) is 0 Å². The van der Waals surface area contributed by atoms with Gasteiger partial charge in [-0.3, -0.25) is 0 Å². The van der Waals surface area contributed by atoms with Crippen LogP contribution in [0.4, 0.5) is 0 Å². The van der Waals surface area contributed by atoms with E-state index in [0.29, 0.717) is 0 Å². The summed E-state index contributed by atoms with van der Waals surface area (Å²) in [5.41, 5.74) is 0. The quantitative estimate of drug-likeness (QED) is 0.377.